The topological polar surface area (TPSA) is 64.4 Å². The SMILES string of the molecule is O=C(Nc1ccc(OC(F)F)cc1)c1ccno1. The lowest BCUT2D eigenvalue weighted by Crippen LogP contribution is -2.10. The van der Waals surface area contributed by atoms with Crippen molar-refractivity contribution in [3.63, 3.8) is 0 Å². The van der Waals surface area contributed by atoms with Crippen LogP contribution in [-0.4, -0.2) is 17.7 Å². The Labute approximate surface area is 100 Å². The summed E-state index contributed by atoms with van der Waals surface area (Å²) in [5.74, 6) is -0.402. The van der Waals surface area contributed by atoms with Gasteiger partial charge in [-0.3, -0.25) is 4.79 Å². The first-order valence-electron chi connectivity index (χ1n) is 4.92. The third-order valence-corrected chi connectivity index (χ3v) is 2.00. The normalized spacial score (nSPS) is 10.4. The molecule has 1 amide bonds. The second-order valence-electron chi connectivity index (χ2n) is 3.23. The maximum absolute atomic E-state index is 11.9. The van der Waals surface area contributed by atoms with Gasteiger partial charge in [0.1, 0.15) is 5.75 Å². The Bertz CT molecular complexity index is 512. The first-order valence-corrected chi connectivity index (χ1v) is 4.92. The minimum Gasteiger partial charge on any atom is -0.435 e. The van der Waals surface area contributed by atoms with Crippen LogP contribution >= 0.6 is 0 Å². The number of hydrogen-bond acceptors (Lipinski definition) is 4. The van der Waals surface area contributed by atoms with Crippen LogP contribution in [0.15, 0.2) is 41.1 Å². The Hall–Kier alpha value is -2.44. The fourth-order valence-corrected chi connectivity index (χ4v) is 1.25. The van der Waals surface area contributed by atoms with E-state index in [-0.39, 0.29) is 11.5 Å². The summed E-state index contributed by atoms with van der Waals surface area (Å²) < 4.78 is 32.6. The molecule has 1 heterocycles. The molecule has 0 saturated carbocycles. The summed E-state index contributed by atoms with van der Waals surface area (Å²) in [6.45, 7) is -2.88. The molecule has 0 unspecified atom stereocenters. The maximum Gasteiger partial charge on any atom is 0.387 e. The van der Waals surface area contributed by atoms with Crippen LogP contribution in [0.1, 0.15) is 10.6 Å². The van der Waals surface area contributed by atoms with E-state index in [1.165, 1.54) is 36.5 Å². The molecule has 0 saturated heterocycles. The smallest absolute Gasteiger partial charge is 0.387 e. The van der Waals surface area contributed by atoms with Gasteiger partial charge in [0.25, 0.3) is 5.91 Å². The van der Waals surface area contributed by atoms with Gasteiger partial charge in [0, 0.05) is 11.8 Å². The van der Waals surface area contributed by atoms with Gasteiger partial charge < -0.3 is 14.6 Å². The molecule has 0 fully saturated rings. The van der Waals surface area contributed by atoms with Crippen molar-refractivity contribution in [2.24, 2.45) is 0 Å². The molecule has 1 aromatic heterocycles. The van der Waals surface area contributed by atoms with Gasteiger partial charge in [-0.2, -0.15) is 8.78 Å². The number of nitrogens with one attached hydrogen (secondary N) is 1. The van der Waals surface area contributed by atoms with Gasteiger partial charge in [-0.05, 0) is 24.3 Å². The fraction of sp³-hybridized carbons (Fsp3) is 0.0909. The molecule has 7 heteroatoms. The Kier molecular flexibility index (Phi) is 3.52. The summed E-state index contributed by atoms with van der Waals surface area (Å²) in [5, 5.41) is 5.90. The molecular formula is C11H8F2N2O3. The first-order chi connectivity index (χ1) is 8.65. The quantitative estimate of drug-likeness (QED) is 0.910. The van der Waals surface area contributed by atoms with E-state index in [4.69, 9.17) is 0 Å². The number of hydrogen-bond donors (Lipinski definition) is 1. The molecule has 0 aliphatic carbocycles. The van der Waals surface area contributed by atoms with E-state index in [0.29, 0.717) is 5.69 Å². The van der Waals surface area contributed by atoms with Gasteiger partial charge in [-0.25, -0.2) is 0 Å². The molecule has 0 spiro atoms. The average Bonchev–Trinajstić information content (AvgIpc) is 2.84. The lowest BCUT2D eigenvalue weighted by molar-refractivity contribution is -0.0498. The molecule has 2 aromatic rings. The molecule has 1 aromatic carbocycles. The molecule has 0 atom stereocenters. The maximum atomic E-state index is 11.9. The number of nitrogens with zero attached hydrogens (tertiary/aromatic N) is 1. The van der Waals surface area contributed by atoms with Crippen LogP contribution in [0.4, 0.5) is 14.5 Å². The zero-order valence-electron chi connectivity index (χ0n) is 8.97. The standard InChI is InChI=1S/C11H8F2N2O3/c12-11(13)17-8-3-1-7(2-4-8)15-10(16)9-5-6-14-18-9/h1-6,11H,(H,15,16). The minimum absolute atomic E-state index is 0.0164. The number of carbonyl (C=O) groups is 1. The Morgan fingerprint density at radius 2 is 2.00 bits per heavy atom. The van der Waals surface area contributed by atoms with E-state index in [0.717, 1.165) is 0 Å². The Morgan fingerprint density at radius 3 is 2.56 bits per heavy atom. The summed E-state index contributed by atoms with van der Waals surface area (Å²) in [5.41, 5.74) is 0.429. The average molecular weight is 254 g/mol. The summed E-state index contributed by atoms with van der Waals surface area (Å²) in [7, 11) is 0. The van der Waals surface area contributed by atoms with Crippen molar-refractivity contribution in [2.45, 2.75) is 6.61 Å². The van der Waals surface area contributed by atoms with Gasteiger partial charge >= 0.3 is 6.61 Å². The highest BCUT2D eigenvalue weighted by molar-refractivity contribution is 6.02. The largest absolute Gasteiger partial charge is 0.435 e. The zero-order chi connectivity index (χ0) is 13.0. The third kappa shape index (κ3) is 3.03. The van der Waals surface area contributed by atoms with Crippen molar-refractivity contribution in [3.05, 3.63) is 42.3 Å². The number of halogens is 2. The molecule has 0 aliphatic heterocycles. The van der Waals surface area contributed by atoms with Crippen molar-refractivity contribution in [1.82, 2.24) is 5.16 Å². The predicted octanol–water partition coefficient (Wildman–Crippen LogP) is 2.53. The molecule has 18 heavy (non-hydrogen) atoms. The highest BCUT2D eigenvalue weighted by atomic mass is 19.3. The number of benzene rings is 1. The van der Waals surface area contributed by atoms with Crippen LogP contribution in [0.2, 0.25) is 0 Å². The van der Waals surface area contributed by atoms with Crippen molar-refractivity contribution < 1.29 is 22.8 Å². The van der Waals surface area contributed by atoms with Crippen molar-refractivity contribution in [1.29, 1.82) is 0 Å². The minimum atomic E-state index is -2.88. The molecular weight excluding hydrogens is 246 g/mol. The number of ether oxygens (including phenoxy) is 1. The van der Waals surface area contributed by atoms with E-state index in [1.807, 2.05) is 0 Å². The van der Waals surface area contributed by atoms with Crippen molar-refractivity contribution >= 4 is 11.6 Å². The van der Waals surface area contributed by atoms with E-state index in [9.17, 15) is 13.6 Å². The van der Waals surface area contributed by atoms with Crippen LogP contribution in [0, 0.1) is 0 Å². The van der Waals surface area contributed by atoms with E-state index in [1.54, 1.807) is 0 Å². The van der Waals surface area contributed by atoms with Gasteiger partial charge in [-0.1, -0.05) is 5.16 Å². The van der Waals surface area contributed by atoms with Crippen LogP contribution in [0.5, 0.6) is 5.75 Å². The summed E-state index contributed by atoms with van der Waals surface area (Å²) >= 11 is 0. The van der Waals surface area contributed by atoms with Crippen LogP contribution in [0.3, 0.4) is 0 Å². The number of alkyl halides is 2. The highest BCUT2D eigenvalue weighted by Gasteiger charge is 2.10. The Morgan fingerprint density at radius 1 is 1.28 bits per heavy atom. The molecule has 94 valence electrons. The number of carbonyl (C=O) groups excluding carboxylic acids is 1. The second-order valence-corrected chi connectivity index (χ2v) is 3.23. The van der Waals surface area contributed by atoms with Gasteiger partial charge in [0.15, 0.2) is 0 Å². The van der Waals surface area contributed by atoms with Crippen molar-refractivity contribution in [2.75, 3.05) is 5.32 Å². The number of rotatable bonds is 4. The van der Waals surface area contributed by atoms with Gasteiger partial charge in [0.05, 0.1) is 6.20 Å². The number of amides is 1. The zero-order valence-corrected chi connectivity index (χ0v) is 8.97. The Balaban J connectivity index is 2.00. The third-order valence-electron chi connectivity index (χ3n) is 2.00. The number of aromatic nitrogens is 1. The van der Waals surface area contributed by atoms with Crippen molar-refractivity contribution in [3.8, 4) is 5.75 Å². The lowest BCUT2D eigenvalue weighted by atomic mass is 10.3. The van der Waals surface area contributed by atoms with E-state index >= 15 is 0 Å². The van der Waals surface area contributed by atoms with Crippen LogP contribution in [0.25, 0.3) is 0 Å². The van der Waals surface area contributed by atoms with Gasteiger partial charge in [0.2, 0.25) is 5.76 Å². The monoisotopic (exact) mass is 254 g/mol. The fourth-order valence-electron chi connectivity index (χ4n) is 1.25. The van der Waals surface area contributed by atoms with Gasteiger partial charge in [-0.15, -0.1) is 0 Å². The molecule has 5 nitrogen and oxygen atoms in total. The highest BCUT2D eigenvalue weighted by Crippen LogP contribution is 2.18. The second kappa shape index (κ2) is 5.26. The van der Waals surface area contributed by atoms with Crippen LogP contribution < -0.4 is 10.1 Å². The van der Waals surface area contributed by atoms with E-state index in [2.05, 4.69) is 19.7 Å². The predicted molar refractivity (Wildman–Crippen MR) is 57.5 cm³/mol. The van der Waals surface area contributed by atoms with Crippen LogP contribution in [-0.2, 0) is 0 Å². The van der Waals surface area contributed by atoms with E-state index < -0.39 is 12.5 Å². The molecule has 2 rings (SSSR count). The molecule has 1 N–H and O–H groups in total. The molecule has 0 aliphatic rings. The first kappa shape index (κ1) is 12.0. The lowest BCUT2D eigenvalue weighted by Gasteiger charge is -2.06. The molecule has 0 radical (unpaired) electrons. The summed E-state index contributed by atoms with van der Waals surface area (Å²) in [6, 6.07) is 6.92. The molecule has 0 bridgehead atoms. The summed E-state index contributed by atoms with van der Waals surface area (Å²) in [4.78, 5) is 11.5. The summed E-state index contributed by atoms with van der Waals surface area (Å²) in [6.07, 6.45) is 1.34. The number of anilines is 1.